The molecule has 0 radical (unpaired) electrons. The van der Waals surface area contributed by atoms with Crippen LogP contribution in [0.1, 0.15) is 82.7 Å². The van der Waals surface area contributed by atoms with Crippen LogP contribution >= 0.6 is 0 Å². The minimum absolute atomic E-state index is 0.0537. The Labute approximate surface area is 187 Å². The minimum atomic E-state index is -0.532. The third-order valence-electron chi connectivity index (χ3n) is 8.23. The van der Waals surface area contributed by atoms with Crippen LogP contribution in [0.2, 0.25) is 0 Å². The number of hydrogen-bond acceptors (Lipinski definition) is 3. The second kappa shape index (κ2) is 7.24. The molecule has 2 unspecified atom stereocenters. The summed E-state index contributed by atoms with van der Waals surface area (Å²) in [6.45, 7) is 0. The average molecular weight is 434 g/mol. The first-order chi connectivity index (χ1) is 15.4. The molecule has 0 spiro atoms. The van der Waals surface area contributed by atoms with Crippen molar-refractivity contribution in [1.82, 2.24) is 5.32 Å². The molecule has 5 aliphatic carbocycles. The van der Waals surface area contributed by atoms with Crippen molar-refractivity contribution in [2.45, 2.75) is 62.5 Å². The standard InChI is InChI=1S/C27H28FNO3/c28-23-4-2-1-3-21(23)25(30)17-7-8-20(22(11-17)16-5-6-16)26(31)29-24-18-9-15-10-19(24)14-27(32,12-15)13-18/h1-4,7-8,11,15-16,18-19,24,32H,5-6,9-10,12-14H2,(H,29,31). The van der Waals surface area contributed by atoms with Crippen molar-refractivity contribution in [2.24, 2.45) is 17.8 Å². The number of amides is 1. The van der Waals surface area contributed by atoms with Crippen LogP contribution in [0.25, 0.3) is 0 Å². The predicted octanol–water partition coefficient (Wildman–Crippen LogP) is 4.60. The fraction of sp³-hybridized carbons (Fsp3) is 0.481. The topological polar surface area (TPSA) is 66.4 Å². The van der Waals surface area contributed by atoms with Crippen molar-refractivity contribution < 1.29 is 19.1 Å². The molecule has 2 aromatic carbocycles. The Morgan fingerprint density at radius 1 is 0.969 bits per heavy atom. The molecule has 5 heteroatoms. The average Bonchev–Trinajstić information content (AvgIpc) is 3.60. The van der Waals surface area contributed by atoms with E-state index in [1.165, 1.54) is 12.1 Å². The van der Waals surface area contributed by atoms with E-state index in [4.69, 9.17) is 0 Å². The highest BCUT2D eigenvalue weighted by atomic mass is 19.1. The maximum Gasteiger partial charge on any atom is 0.251 e. The van der Waals surface area contributed by atoms with Crippen molar-refractivity contribution >= 4 is 11.7 Å². The van der Waals surface area contributed by atoms with Gasteiger partial charge in [0.25, 0.3) is 5.91 Å². The highest BCUT2D eigenvalue weighted by Gasteiger charge is 2.55. The number of benzene rings is 2. The molecule has 0 heterocycles. The van der Waals surface area contributed by atoms with Crippen LogP contribution in [-0.2, 0) is 0 Å². The third-order valence-corrected chi connectivity index (χ3v) is 8.23. The first-order valence-corrected chi connectivity index (χ1v) is 11.9. The first kappa shape index (κ1) is 20.1. The summed E-state index contributed by atoms with van der Waals surface area (Å²) in [6, 6.07) is 11.3. The van der Waals surface area contributed by atoms with Gasteiger partial charge in [0.15, 0.2) is 5.78 Å². The molecule has 0 aliphatic heterocycles. The van der Waals surface area contributed by atoms with Gasteiger partial charge in [-0.25, -0.2) is 4.39 Å². The van der Waals surface area contributed by atoms with E-state index in [1.54, 1.807) is 30.3 Å². The maximum absolute atomic E-state index is 14.1. The molecule has 7 rings (SSSR count). The second-order valence-corrected chi connectivity index (χ2v) is 10.6. The zero-order chi connectivity index (χ0) is 22.0. The van der Waals surface area contributed by atoms with Gasteiger partial charge in [-0.2, -0.15) is 0 Å². The van der Waals surface area contributed by atoms with Crippen LogP contribution in [0, 0.1) is 23.6 Å². The monoisotopic (exact) mass is 433 g/mol. The molecule has 0 aromatic heterocycles. The first-order valence-electron chi connectivity index (χ1n) is 11.9. The van der Waals surface area contributed by atoms with Gasteiger partial charge in [-0.3, -0.25) is 9.59 Å². The Kier molecular flexibility index (Phi) is 4.55. The summed E-state index contributed by atoms with van der Waals surface area (Å²) in [6.07, 6.45) is 6.68. The number of nitrogens with one attached hydrogen (secondary N) is 1. The zero-order valence-corrected chi connectivity index (χ0v) is 18.0. The lowest BCUT2D eigenvalue weighted by molar-refractivity contribution is -0.136. The number of halogens is 1. The molecule has 5 aliphatic rings. The van der Waals surface area contributed by atoms with Crippen molar-refractivity contribution in [3.63, 3.8) is 0 Å². The van der Waals surface area contributed by atoms with Crippen LogP contribution < -0.4 is 5.32 Å². The number of rotatable bonds is 5. The molecular weight excluding hydrogens is 405 g/mol. The van der Waals surface area contributed by atoms with Gasteiger partial charge in [0.05, 0.1) is 11.2 Å². The SMILES string of the molecule is O=C(c1ccc(C(=O)NC2C3CC4CC2CC(O)(C4)C3)c(C2CC2)c1)c1ccccc1F. The van der Waals surface area contributed by atoms with Crippen molar-refractivity contribution in [3.05, 3.63) is 70.5 Å². The molecule has 2 aromatic rings. The normalized spacial score (nSPS) is 32.7. The van der Waals surface area contributed by atoms with Crippen LogP contribution in [-0.4, -0.2) is 28.4 Å². The molecule has 5 saturated carbocycles. The summed E-state index contributed by atoms with van der Waals surface area (Å²) in [4.78, 5) is 26.2. The Bertz CT molecular complexity index is 1090. The van der Waals surface area contributed by atoms with Crippen LogP contribution in [0.5, 0.6) is 0 Å². The quantitative estimate of drug-likeness (QED) is 0.677. The van der Waals surface area contributed by atoms with E-state index in [0.717, 1.165) is 50.5 Å². The van der Waals surface area contributed by atoms with Crippen LogP contribution in [0.4, 0.5) is 4.39 Å². The summed E-state index contributed by atoms with van der Waals surface area (Å²) in [5, 5.41) is 14.1. The van der Waals surface area contributed by atoms with Gasteiger partial charge >= 0.3 is 0 Å². The highest BCUT2D eigenvalue weighted by Crippen LogP contribution is 2.55. The molecule has 2 N–H and O–H groups in total. The summed E-state index contributed by atoms with van der Waals surface area (Å²) in [5.41, 5.74) is 1.48. The molecule has 1 amide bonds. The van der Waals surface area contributed by atoms with Gasteiger partial charge in [-0.15, -0.1) is 0 Å². The van der Waals surface area contributed by atoms with Gasteiger partial charge in [0, 0.05) is 17.2 Å². The summed E-state index contributed by atoms with van der Waals surface area (Å²) in [7, 11) is 0. The third kappa shape index (κ3) is 3.38. The summed E-state index contributed by atoms with van der Waals surface area (Å²) in [5.74, 6) is 0.603. The lowest BCUT2D eigenvalue weighted by Gasteiger charge is -2.58. The Morgan fingerprint density at radius 2 is 1.69 bits per heavy atom. The predicted molar refractivity (Wildman–Crippen MR) is 118 cm³/mol. The zero-order valence-electron chi connectivity index (χ0n) is 18.0. The Balaban J connectivity index is 1.26. The fourth-order valence-electron chi connectivity index (χ4n) is 6.89. The number of aliphatic hydroxyl groups is 1. The fourth-order valence-corrected chi connectivity index (χ4v) is 6.89. The van der Waals surface area contributed by atoms with Gasteiger partial charge in [0.1, 0.15) is 5.82 Å². The van der Waals surface area contributed by atoms with Crippen molar-refractivity contribution in [2.75, 3.05) is 0 Å². The van der Waals surface area contributed by atoms with Crippen LogP contribution in [0.15, 0.2) is 42.5 Å². The largest absolute Gasteiger partial charge is 0.390 e. The molecular formula is C27H28FNO3. The van der Waals surface area contributed by atoms with Crippen molar-refractivity contribution in [1.29, 1.82) is 0 Å². The second-order valence-electron chi connectivity index (χ2n) is 10.6. The number of carbonyl (C=O) groups excluding carboxylic acids is 2. The van der Waals surface area contributed by atoms with Crippen molar-refractivity contribution in [3.8, 4) is 0 Å². The van der Waals surface area contributed by atoms with Gasteiger partial charge in [-0.05, 0) is 98.4 Å². The minimum Gasteiger partial charge on any atom is -0.390 e. The Morgan fingerprint density at radius 3 is 2.34 bits per heavy atom. The van der Waals surface area contributed by atoms with E-state index in [2.05, 4.69) is 5.32 Å². The molecule has 4 bridgehead atoms. The molecule has 0 saturated heterocycles. The van der Waals surface area contributed by atoms with E-state index >= 15 is 0 Å². The van der Waals surface area contributed by atoms with Gasteiger partial charge in [-0.1, -0.05) is 18.2 Å². The van der Waals surface area contributed by atoms with Crippen LogP contribution in [0.3, 0.4) is 0 Å². The van der Waals surface area contributed by atoms with Gasteiger partial charge < -0.3 is 10.4 Å². The molecule has 4 nitrogen and oxygen atoms in total. The lowest BCUT2D eigenvalue weighted by Crippen LogP contribution is -2.61. The van der Waals surface area contributed by atoms with E-state index in [1.807, 2.05) is 0 Å². The molecule has 166 valence electrons. The summed E-state index contributed by atoms with van der Waals surface area (Å²) >= 11 is 0. The van der Waals surface area contributed by atoms with E-state index in [0.29, 0.717) is 28.9 Å². The molecule has 32 heavy (non-hydrogen) atoms. The number of hydrogen-bond donors (Lipinski definition) is 2. The van der Waals surface area contributed by atoms with E-state index in [9.17, 15) is 19.1 Å². The molecule has 2 atom stereocenters. The number of carbonyl (C=O) groups is 2. The Hall–Kier alpha value is -2.53. The lowest BCUT2D eigenvalue weighted by atomic mass is 9.52. The van der Waals surface area contributed by atoms with E-state index in [-0.39, 0.29) is 29.2 Å². The van der Waals surface area contributed by atoms with E-state index < -0.39 is 11.4 Å². The highest BCUT2D eigenvalue weighted by molar-refractivity contribution is 6.10. The maximum atomic E-state index is 14.1. The molecule has 5 fully saturated rings. The smallest absolute Gasteiger partial charge is 0.251 e. The summed E-state index contributed by atoms with van der Waals surface area (Å²) < 4.78 is 14.1. The van der Waals surface area contributed by atoms with Gasteiger partial charge in [0.2, 0.25) is 0 Å². The number of ketones is 1.